The van der Waals surface area contributed by atoms with Gasteiger partial charge in [0.1, 0.15) is 10.9 Å². The standard InChI is InChI=1S/C16H33NO3SSi/c1-13(2)20-22(6,7)12-14(15-10-8-9-11-19-15)17-21(18)16(3,4)5/h9,11,13-15,17H,8,10,12H2,1-7H3/t14?,15-,21+/m0/s1. The van der Waals surface area contributed by atoms with Gasteiger partial charge in [0.15, 0.2) is 8.32 Å². The molecule has 1 heterocycles. The molecule has 0 spiro atoms. The van der Waals surface area contributed by atoms with Crippen molar-refractivity contribution in [2.24, 2.45) is 0 Å². The largest absolute Gasteiger partial charge is 0.598 e. The van der Waals surface area contributed by atoms with E-state index in [1.54, 1.807) is 6.26 Å². The minimum Gasteiger partial charge on any atom is -0.598 e. The van der Waals surface area contributed by atoms with Gasteiger partial charge in [-0.2, -0.15) is 0 Å². The van der Waals surface area contributed by atoms with E-state index in [9.17, 15) is 4.55 Å². The van der Waals surface area contributed by atoms with Crippen LogP contribution in [0.1, 0.15) is 47.5 Å². The van der Waals surface area contributed by atoms with Gasteiger partial charge >= 0.3 is 0 Å². The maximum Gasteiger partial charge on any atom is 0.188 e. The van der Waals surface area contributed by atoms with Crippen molar-refractivity contribution in [1.29, 1.82) is 0 Å². The molecule has 0 radical (unpaired) electrons. The van der Waals surface area contributed by atoms with Gasteiger partial charge in [0, 0.05) is 17.5 Å². The van der Waals surface area contributed by atoms with Crippen LogP contribution in [0.2, 0.25) is 19.1 Å². The lowest BCUT2D eigenvalue weighted by Crippen LogP contribution is -2.53. The maximum absolute atomic E-state index is 12.5. The number of hydrogen-bond acceptors (Lipinski definition) is 4. The molecule has 1 aliphatic heterocycles. The molecule has 0 aromatic carbocycles. The zero-order valence-electron chi connectivity index (χ0n) is 15.1. The molecule has 0 aliphatic carbocycles. The van der Waals surface area contributed by atoms with Gasteiger partial charge in [0.25, 0.3) is 0 Å². The van der Waals surface area contributed by atoms with E-state index in [-0.39, 0.29) is 23.0 Å². The van der Waals surface area contributed by atoms with Gasteiger partial charge < -0.3 is 13.7 Å². The van der Waals surface area contributed by atoms with Crippen molar-refractivity contribution >= 4 is 19.7 Å². The van der Waals surface area contributed by atoms with Crippen molar-refractivity contribution in [2.75, 3.05) is 0 Å². The van der Waals surface area contributed by atoms with E-state index in [0.717, 1.165) is 18.9 Å². The summed E-state index contributed by atoms with van der Waals surface area (Å²) in [5.41, 5.74) is 0. The molecule has 1 aliphatic rings. The zero-order chi connectivity index (χ0) is 17.0. The van der Waals surface area contributed by atoms with Crippen LogP contribution in [-0.2, 0) is 20.5 Å². The maximum atomic E-state index is 12.5. The first-order valence-electron chi connectivity index (χ1n) is 8.17. The van der Waals surface area contributed by atoms with Crippen molar-refractivity contribution in [3.8, 4) is 0 Å². The average molecular weight is 348 g/mol. The fourth-order valence-electron chi connectivity index (χ4n) is 2.63. The topological polar surface area (TPSA) is 53.5 Å². The summed E-state index contributed by atoms with van der Waals surface area (Å²) in [6, 6.07) is 0.955. The van der Waals surface area contributed by atoms with Crippen molar-refractivity contribution in [3.63, 3.8) is 0 Å². The Morgan fingerprint density at radius 1 is 1.41 bits per heavy atom. The molecular weight excluding hydrogens is 314 g/mol. The molecule has 0 fully saturated rings. The predicted octanol–water partition coefficient (Wildman–Crippen LogP) is 3.73. The number of ether oxygens (including phenoxy) is 1. The van der Waals surface area contributed by atoms with Gasteiger partial charge in [-0.05, 0) is 72.7 Å². The Balaban J connectivity index is 2.79. The Kier molecular flexibility index (Phi) is 7.46. The van der Waals surface area contributed by atoms with Crippen molar-refractivity contribution < 1.29 is 13.7 Å². The van der Waals surface area contributed by atoms with E-state index in [1.807, 2.05) is 26.8 Å². The number of hydrogen-bond donors (Lipinski definition) is 1. The smallest absolute Gasteiger partial charge is 0.188 e. The molecule has 3 atom stereocenters. The molecule has 4 nitrogen and oxygen atoms in total. The number of nitrogens with one attached hydrogen (secondary N) is 1. The van der Waals surface area contributed by atoms with Crippen LogP contribution < -0.4 is 4.72 Å². The minimum atomic E-state index is -1.84. The summed E-state index contributed by atoms with van der Waals surface area (Å²) in [5.74, 6) is 0. The van der Waals surface area contributed by atoms with Crippen LogP contribution in [0.5, 0.6) is 0 Å². The fourth-order valence-corrected chi connectivity index (χ4v) is 6.44. The highest BCUT2D eigenvalue weighted by molar-refractivity contribution is 7.90. The Morgan fingerprint density at radius 2 is 2.05 bits per heavy atom. The van der Waals surface area contributed by atoms with E-state index in [1.165, 1.54) is 0 Å². The lowest BCUT2D eigenvalue weighted by molar-refractivity contribution is 0.0961. The van der Waals surface area contributed by atoms with Gasteiger partial charge in [0.05, 0.1) is 12.3 Å². The average Bonchev–Trinajstić information content (AvgIpc) is 2.35. The molecule has 1 rings (SSSR count). The van der Waals surface area contributed by atoms with Crippen LogP contribution in [0.4, 0.5) is 0 Å². The fraction of sp³-hybridized carbons (Fsp3) is 0.875. The van der Waals surface area contributed by atoms with Crippen LogP contribution in [-0.4, -0.2) is 35.9 Å². The van der Waals surface area contributed by atoms with Gasteiger partial charge in [-0.1, -0.05) is 0 Å². The lowest BCUT2D eigenvalue weighted by Gasteiger charge is -2.36. The SMILES string of the molecule is CC(C)O[Si](C)(C)CC(N[S@+]([O-])C(C)(C)C)[C@@H]1CCC=CO1. The molecular formula is C16H33NO3SSi. The molecule has 0 saturated carbocycles. The summed E-state index contributed by atoms with van der Waals surface area (Å²) >= 11 is -1.10. The van der Waals surface area contributed by atoms with Crippen molar-refractivity contribution in [3.05, 3.63) is 12.3 Å². The van der Waals surface area contributed by atoms with Crippen LogP contribution in [0.3, 0.4) is 0 Å². The highest BCUT2D eigenvalue weighted by Gasteiger charge is 2.38. The second kappa shape index (κ2) is 8.19. The Bertz CT molecular complexity index is 369. The predicted molar refractivity (Wildman–Crippen MR) is 96.6 cm³/mol. The second-order valence-electron chi connectivity index (χ2n) is 7.86. The van der Waals surface area contributed by atoms with Gasteiger partial charge in [-0.15, -0.1) is 4.72 Å². The highest BCUT2D eigenvalue weighted by Crippen LogP contribution is 2.25. The van der Waals surface area contributed by atoms with Gasteiger partial charge in [-0.3, -0.25) is 0 Å². The quantitative estimate of drug-likeness (QED) is 0.563. The third-order valence-electron chi connectivity index (χ3n) is 3.50. The van der Waals surface area contributed by atoms with E-state index in [4.69, 9.17) is 9.16 Å². The summed E-state index contributed by atoms with van der Waals surface area (Å²) in [7, 11) is -1.84. The van der Waals surface area contributed by atoms with E-state index in [0.29, 0.717) is 0 Å². The Labute approximate surface area is 140 Å². The van der Waals surface area contributed by atoms with Crippen LogP contribution in [0.15, 0.2) is 12.3 Å². The molecule has 6 heteroatoms. The third kappa shape index (κ3) is 7.04. The van der Waals surface area contributed by atoms with Crippen LogP contribution >= 0.6 is 0 Å². The minimum absolute atomic E-state index is 0.0606. The molecule has 0 aromatic rings. The zero-order valence-corrected chi connectivity index (χ0v) is 17.0. The molecule has 0 aromatic heterocycles. The monoisotopic (exact) mass is 347 g/mol. The van der Waals surface area contributed by atoms with Gasteiger partial charge in [-0.25, -0.2) is 0 Å². The van der Waals surface area contributed by atoms with Gasteiger partial charge in [0.2, 0.25) is 0 Å². The van der Waals surface area contributed by atoms with E-state index in [2.05, 4.69) is 31.7 Å². The summed E-state index contributed by atoms with van der Waals surface area (Å²) in [6.07, 6.45) is 6.09. The Hall–Kier alpha value is -0.0131. The van der Waals surface area contributed by atoms with E-state index < -0.39 is 19.7 Å². The van der Waals surface area contributed by atoms with Crippen LogP contribution in [0, 0.1) is 0 Å². The first-order chi connectivity index (χ1) is 10.0. The van der Waals surface area contributed by atoms with Crippen LogP contribution in [0.25, 0.3) is 0 Å². The van der Waals surface area contributed by atoms with Crippen molar-refractivity contribution in [2.45, 2.75) is 89.6 Å². The number of rotatable bonds is 7. The molecule has 1 N–H and O–H groups in total. The summed E-state index contributed by atoms with van der Waals surface area (Å²) in [4.78, 5) is 0. The summed E-state index contributed by atoms with van der Waals surface area (Å²) in [5, 5.41) is 0. The normalized spacial score (nSPS) is 22.5. The summed E-state index contributed by atoms with van der Waals surface area (Å²) < 4.78 is 27.5. The van der Waals surface area contributed by atoms with Crippen molar-refractivity contribution in [1.82, 2.24) is 4.72 Å². The second-order valence-corrected chi connectivity index (χ2v) is 14.0. The first-order valence-corrected chi connectivity index (χ1v) is 12.4. The molecule has 0 saturated heterocycles. The first kappa shape index (κ1) is 20.0. The molecule has 130 valence electrons. The molecule has 0 bridgehead atoms. The number of allylic oxidation sites excluding steroid dienone is 1. The molecule has 0 amide bonds. The van der Waals surface area contributed by atoms with E-state index >= 15 is 0 Å². The third-order valence-corrected chi connectivity index (χ3v) is 7.66. The summed E-state index contributed by atoms with van der Waals surface area (Å²) in [6.45, 7) is 14.6. The molecule has 22 heavy (non-hydrogen) atoms. The Morgan fingerprint density at radius 3 is 2.50 bits per heavy atom. The molecule has 1 unspecified atom stereocenters. The highest BCUT2D eigenvalue weighted by atomic mass is 32.2. The lowest BCUT2D eigenvalue weighted by atomic mass is 10.1.